The summed E-state index contributed by atoms with van der Waals surface area (Å²) in [5.41, 5.74) is 5.23. The predicted molar refractivity (Wildman–Crippen MR) is 145 cm³/mol. The van der Waals surface area contributed by atoms with E-state index in [-0.39, 0.29) is 23.8 Å². The van der Waals surface area contributed by atoms with Crippen molar-refractivity contribution < 1.29 is 9.53 Å². The van der Waals surface area contributed by atoms with E-state index in [2.05, 4.69) is 53.8 Å². The van der Waals surface area contributed by atoms with Gasteiger partial charge in [-0.1, -0.05) is 30.8 Å². The number of benzene rings is 1. The van der Waals surface area contributed by atoms with Crippen molar-refractivity contribution in [1.82, 2.24) is 19.8 Å². The summed E-state index contributed by atoms with van der Waals surface area (Å²) < 4.78 is 6.27. The molecule has 4 aliphatic rings. The highest BCUT2D eigenvalue weighted by Crippen LogP contribution is 2.50. The summed E-state index contributed by atoms with van der Waals surface area (Å²) in [7, 11) is 2.15. The van der Waals surface area contributed by atoms with Gasteiger partial charge in [-0.3, -0.25) is 4.79 Å². The molecule has 3 heterocycles. The third-order valence-electron chi connectivity index (χ3n) is 9.18. The van der Waals surface area contributed by atoms with Gasteiger partial charge in [0.05, 0.1) is 24.2 Å². The first-order valence-corrected chi connectivity index (χ1v) is 13.9. The molecule has 1 unspecified atom stereocenters. The number of aromatic nitrogens is 2. The first-order valence-electron chi connectivity index (χ1n) is 13.9. The monoisotopic (exact) mass is 512 g/mol. The van der Waals surface area contributed by atoms with Gasteiger partial charge >= 0.3 is 6.01 Å². The maximum Gasteiger partial charge on any atom is 0.318 e. The molecule has 1 spiro atoms. The number of rotatable bonds is 6. The fraction of sp³-hybridized carbons (Fsp3) is 0.533. The lowest BCUT2D eigenvalue weighted by atomic mass is 9.79. The fourth-order valence-electron chi connectivity index (χ4n) is 7.10. The quantitative estimate of drug-likeness (QED) is 0.550. The molecule has 0 N–H and O–H groups in total. The van der Waals surface area contributed by atoms with Crippen LogP contribution in [0.2, 0.25) is 0 Å². The van der Waals surface area contributed by atoms with E-state index in [9.17, 15) is 10.1 Å². The number of nitriles is 1. The van der Waals surface area contributed by atoms with Crippen molar-refractivity contribution in [3.05, 3.63) is 59.3 Å². The van der Waals surface area contributed by atoms with Crippen LogP contribution >= 0.6 is 0 Å². The van der Waals surface area contributed by atoms with Gasteiger partial charge in [-0.2, -0.15) is 15.2 Å². The lowest BCUT2D eigenvalue weighted by Gasteiger charge is -2.41. The largest absolute Gasteiger partial charge is 0.462 e. The highest BCUT2D eigenvalue weighted by Gasteiger charge is 2.46. The summed E-state index contributed by atoms with van der Waals surface area (Å²) in [6.45, 7) is 7.09. The van der Waals surface area contributed by atoms with Crippen LogP contribution in [-0.2, 0) is 29.5 Å². The minimum atomic E-state index is -0.205. The Morgan fingerprint density at radius 1 is 1.24 bits per heavy atom. The Bertz CT molecular complexity index is 1290. The van der Waals surface area contributed by atoms with Crippen LogP contribution in [0.25, 0.3) is 0 Å². The Kier molecular flexibility index (Phi) is 6.56. The molecule has 6 rings (SSSR count). The Morgan fingerprint density at radius 2 is 2.11 bits per heavy atom. The zero-order valence-corrected chi connectivity index (χ0v) is 22.2. The van der Waals surface area contributed by atoms with Gasteiger partial charge in [0.1, 0.15) is 12.4 Å². The average molecular weight is 513 g/mol. The van der Waals surface area contributed by atoms with E-state index in [1.165, 1.54) is 29.2 Å². The predicted octanol–water partition coefficient (Wildman–Crippen LogP) is 3.05. The number of carbonyl (C=O) groups is 1. The van der Waals surface area contributed by atoms with Crippen molar-refractivity contribution in [3.63, 3.8) is 0 Å². The molecule has 2 saturated heterocycles. The lowest BCUT2D eigenvalue weighted by molar-refractivity contribution is -0.128. The highest BCUT2D eigenvalue weighted by atomic mass is 16.5. The number of hydrogen-bond donors (Lipinski definition) is 0. The zero-order chi connectivity index (χ0) is 26.3. The first-order chi connectivity index (χ1) is 18.5. The molecule has 8 nitrogen and oxygen atoms in total. The Labute approximate surface area is 224 Å². The molecule has 3 atom stereocenters. The van der Waals surface area contributed by atoms with Crippen molar-refractivity contribution in [1.29, 1.82) is 5.26 Å². The number of anilines is 1. The van der Waals surface area contributed by atoms with Gasteiger partial charge in [0.15, 0.2) is 0 Å². The Hall–Kier alpha value is -3.44. The van der Waals surface area contributed by atoms with Gasteiger partial charge in [-0.25, -0.2) is 0 Å². The molecule has 0 saturated carbocycles. The van der Waals surface area contributed by atoms with E-state index >= 15 is 0 Å². The van der Waals surface area contributed by atoms with E-state index in [1.54, 1.807) is 4.90 Å². The number of amides is 1. The van der Waals surface area contributed by atoms with Crippen LogP contribution in [0.5, 0.6) is 6.01 Å². The topological polar surface area (TPSA) is 85.6 Å². The molecular weight excluding hydrogens is 476 g/mol. The van der Waals surface area contributed by atoms with Crippen LogP contribution < -0.4 is 9.64 Å². The maximum absolute atomic E-state index is 12.5. The molecule has 198 valence electrons. The number of fused-ring (bicyclic) bond motifs is 3. The molecule has 0 radical (unpaired) electrons. The van der Waals surface area contributed by atoms with Gasteiger partial charge in [-0.15, -0.1) is 0 Å². The van der Waals surface area contributed by atoms with E-state index in [0.717, 1.165) is 50.2 Å². The second-order valence-electron chi connectivity index (χ2n) is 11.3. The third kappa shape index (κ3) is 4.33. The van der Waals surface area contributed by atoms with Crippen LogP contribution in [0.15, 0.2) is 36.9 Å². The smallest absolute Gasteiger partial charge is 0.318 e. The number of likely N-dealkylation sites (tertiary alicyclic amines) is 1. The first kappa shape index (κ1) is 24.9. The van der Waals surface area contributed by atoms with Crippen molar-refractivity contribution in [2.24, 2.45) is 0 Å². The summed E-state index contributed by atoms with van der Waals surface area (Å²) in [6, 6.07) is 11.7. The van der Waals surface area contributed by atoms with Gasteiger partial charge in [0, 0.05) is 43.1 Å². The normalized spacial score (nSPS) is 26.3. The number of ether oxygens (including phenoxy) is 1. The van der Waals surface area contributed by atoms with Gasteiger partial charge in [0.25, 0.3) is 0 Å². The van der Waals surface area contributed by atoms with E-state index in [0.29, 0.717) is 38.3 Å². The maximum atomic E-state index is 12.5. The number of hydrogen-bond acceptors (Lipinski definition) is 7. The summed E-state index contributed by atoms with van der Waals surface area (Å²) >= 11 is 0. The molecule has 2 aliphatic carbocycles. The summed E-state index contributed by atoms with van der Waals surface area (Å²) in [5, 5.41) is 9.49. The molecule has 1 aromatic carbocycles. The second-order valence-corrected chi connectivity index (χ2v) is 11.3. The van der Waals surface area contributed by atoms with Crippen LogP contribution in [0.1, 0.15) is 48.1 Å². The van der Waals surface area contributed by atoms with Gasteiger partial charge in [0.2, 0.25) is 5.91 Å². The molecule has 0 bridgehead atoms. The van der Waals surface area contributed by atoms with Crippen LogP contribution in [0.4, 0.5) is 5.82 Å². The van der Waals surface area contributed by atoms with E-state index < -0.39 is 0 Å². The van der Waals surface area contributed by atoms with E-state index in [4.69, 9.17) is 14.7 Å². The van der Waals surface area contributed by atoms with Crippen LogP contribution in [0, 0.1) is 11.3 Å². The Morgan fingerprint density at radius 3 is 2.89 bits per heavy atom. The lowest BCUT2D eigenvalue weighted by Crippen LogP contribution is -2.55. The molecule has 8 heteroatoms. The van der Waals surface area contributed by atoms with Crippen molar-refractivity contribution in [2.45, 2.75) is 62.4 Å². The summed E-state index contributed by atoms with van der Waals surface area (Å²) in [6.07, 6.45) is 7.95. The minimum Gasteiger partial charge on any atom is -0.462 e. The Balaban J connectivity index is 1.33. The number of carbonyl (C=O) groups excluding carboxylic acids is 1. The highest BCUT2D eigenvalue weighted by molar-refractivity contribution is 5.87. The number of nitrogens with zero attached hydrogens (tertiary/aromatic N) is 6. The SMILES string of the molecule is C=CC(=O)N1CCN(c2nc(OC[C@@H]3CCCN3C)nc3c2CC2(CCc4ccccc42)C3)C[C@@H]1CC#N. The molecule has 1 aromatic heterocycles. The second kappa shape index (κ2) is 10.0. The molecule has 2 fully saturated rings. The zero-order valence-electron chi connectivity index (χ0n) is 22.2. The fourth-order valence-corrected chi connectivity index (χ4v) is 7.10. The van der Waals surface area contributed by atoms with Crippen LogP contribution in [-0.4, -0.2) is 77.6 Å². The molecule has 2 aromatic rings. The number of likely N-dealkylation sites (N-methyl/N-ethyl adjacent to an activating group) is 1. The number of piperazine rings is 1. The average Bonchev–Trinajstić information content (AvgIpc) is 3.63. The standard InChI is InChI=1S/C30H36N6O2/c1-3-27(37)36-16-15-35(19-22(36)11-13-31)28-24-17-30(12-10-21-7-4-5-9-25(21)30)18-26(24)32-29(33-28)38-20-23-8-6-14-34(23)2/h3-5,7,9,22-23H,1,6,8,10-12,14-20H2,2H3/t22-,23-,30?/m0/s1. The number of aryl methyl sites for hydroxylation is 1. The van der Waals surface area contributed by atoms with Gasteiger partial charge < -0.3 is 19.4 Å². The van der Waals surface area contributed by atoms with Gasteiger partial charge in [-0.05, 0) is 62.9 Å². The molecular formula is C30H36N6O2. The summed E-state index contributed by atoms with van der Waals surface area (Å²) in [4.78, 5) is 28.9. The molecule has 2 aliphatic heterocycles. The summed E-state index contributed by atoms with van der Waals surface area (Å²) in [5.74, 6) is 0.795. The van der Waals surface area contributed by atoms with Crippen molar-refractivity contribution >= 4 is 11.7 Å². The molecule has 1 amide bonds. The third-order valence-corrected chi connectivity index (χ3v) is 9.18. The van der Waals surface area contributed by atoms with Crippen molar-refractivity contribution in [2.75, 3.05) is 44.7 Å². The van der Waals surface area contributed by atoms with Crippen LogP contribution in [0.3, 0.4) is 0 Å². The van der Waals surface area contributed by atoms with Crippen molar-refractivity contribution in [3.8, 4) is 12.1 Å². The molecule has 38 heavy (non-hydrogen) atoms. The van der Waals surface area contributed by atoms with E-state index in [1.807, 2.05) is 0 Å². The minimum absolute atomic E-state index is 0.0549.